The fourth-order valence-electron chi connectivity index (χ4n) is 1.83. The number of carboxylic acids is 1. The molecule has 2 aromatic rings. The van der Waals surface area contributed by atoms with Crippen LogP contribution in [0.2, 0.25) is 0 Å². The maximum atomic E-state index is 11.9. The van der Waals surface area contributed by atoms with Crippen molar-refractivity contribution < 1.29 is 9.90 Å². The van der Waals surface area contributed by atoms with Crippen molar-refractivity contribution in [2.24, 2.45) is 0 Å². The summed E-state index contributed by atoms with van der Waals surface area (Å²) in [6.45, 7) is 2.00. The van der Waals surface area contributed by atoms with E-state index in [1.807, 2.05) is 0 Å². The lowest BCUT2D eigenvalue weighted by atomic mass is 10.1. The Morgan fingerprint density at radius 3 is 2.67 bits per heavy atom. The van der Waals surface area contributed by atoms with E-state index >= 15 is 0 Å². The fourth-order valence-corrected chi connectivity index (χ4v) is 1.83. The summed E-state index contributed by atoms with van der Waals surface area (Å²) in [5.41, 5.74) is 1.40. The molecule has 0 aliphatic heterocycles. The lowest BCUT2D eigenvalue weighted by Gasteiger charge is -2.09. The van der Waals surface area contributed by atoms with Gasteiger partial charge >= 0.3 is 5.97 Å². The Balaban J connectivity index is 2.44. The number of aromatic nitrogens is 1. The average Bonchev–Trinajstić information content (AvgIpc) is 2.35. The van der Waals surface area contributed by atoms with Gasteiger partial charge in [-0.05, 0) is 24.6 Å². The van der Waals surface area contributed by atoms with Crippen LogP contribution in [-0.4, -0.2) is 15.6 Å². The molecule has 0 atom stereocenters. The van der Waals surface area contributed by atoms with Crippen LogP contribution < -0.4 is 5.56 Å². The molecule has 1 heterocycles. The van der Waals surface area contributed by atoms with E-state index in [4.69, 9.17) is 5.11 Å². The molecule has 0 saturated carbocycles. The van der Waals surface area contributed by atoms with Crippen molar-refractivity contribution in [1.29, 1.82) is 0 Å². The Bertz CT molecular complexity index is 643. The Morgan fingerprint density at radius 2 is 1.94 bits per heavy atom. The third-order valence-electron chi connectivity index (χ3n) is 2.80. The van der Waals surface area contributed by atoms with Crippen molar-refractivity contribution in [2.75, 3.05) is 0 Å². The van der Waals surface area contributed by atoms with Gasteiger partial charge < -0.3 is 9.67 Å². The molecule has 1 N–H and O–H groups in total. The van der Waals surface area contributed by atoms with Crippen molar-refractivity contribution in [2.45, 2.75) is 13.5 Å². The lowest BCUT2D eigenvalue weighted by molar-refractivity contribution is 0.0695. The maximum absolute atomic E-state index is 11.9. The molecule has 0 bridgehead atoms. The van der Waals surface area contributed by atoms with E-state index in [9.17, 15) is 9.59 Å². The van der Waals surface area contributed by atoms with Crippen LogP contribution in [0.3, 0.4) is 0 Å². The van der Waals surface area contributed by atoms with E-state index in [0.29, 0.717) is 11.1 Å². The van der Waals surface area contributed by atoms with Crippen molar-refractivity contribution in [3.63, 3.8) is 0 Å². The highest BCUT2D eigenvalue weighted by molar-refractivity contribution is 5.89. The first-order valence-electron chi connectivity index (χ1n) is 5.57. The van der Waals surface area contributed by atoms with Crippen molar-refractivity contribution in [1.82, 2.24) is 4.57 Å². The molecule has 0 aliphatic carbocycles. The SMILES string of the molecule is Cc1cccn(Cc2ccccc2C(=O)O)c1=O. The molecule has 92 valence electrons. The number of rotatable bonds is 3. The number of aromatic carboxylic acids is 1. The molecule has 0 unspecified atom stereocenters. The molecular formula is C14H13NO3. The number of nitrogens with zero attached hydrogens (tertiary/aromatic N) is 1. The van der Waals surface area contributed by atoms with Crippen molar-refractivity contribution in [3.05, 3.63) is 69.6 Å². The van der Waals surface area contributed by atoms with Gasteiger partial charge in [-0.25, -0.2) is 4.79 Å². The van der Waals surface area contributed by atoms with Gasteiger partial charge in [-0.15, -0.1) is 0 Å². The molecule has 0 amide bonds. The molecule has 1 aromatic heterocycles. The predicted molar refractivity (Wildman–Crippen MR) is 67.9 cm³/mol. The minimum atomic E-state index is -0.980. The largest absolute Gasteiger partial charge is 0.478 e. The van der Waals surface area contributed by atoms with E-state index < -0.39 is 5.97 Å². The Morgan fingerprint density at radius 1 is 1.22 bits per heavy atom. The minimum Gasteiger partial charge on any atom is -0.478 e. The highest BCUT2D eigenvalue weighted by Crippen LogP contribution is 2.10. The summed E-state index contributed by atoms with van der Waals surface area (Å²) in [6.07, 6.45) is 1.66. The fraction of sp³-hybridized carbons (Fsp3) is 0.143. The number of carbonyl (C=O) groups is 1. The van der Waals surface area contributed by atoms with Crippen LogP contribution in [0, 0.1) is 6.92 Å². The van der Waals surface area contributed by atoms with E-state index in [1.54, 1.807) is 49.5 Å². The third kappa shape index (κ3) is 2.32. The predicted octanol–water partition coefficient (Wildman–Crippen LogP) is 1.90. The molecule has 1 aromatic carbocycles. The highest BCUT2D eigenvalue weighted by atomic mass is 16.4. The number of benzene rings is 1. The van der Waals surface area contributed by atoms with Gasteiger partial charge in [-0.1, -0.05) is 24.3 Å². The van der Waals surface area contributed by atoms with Crippen LogP contribution in [0.1, 0.15) is 21.5 Å². The van der Waals surface area contributed by atoms with Crippen LogP contribution >= 0.6 is 0 Å². The molecule has 0 fully saturated rings. The number of aryl methyl sites for hydroxylation is 1. The van der Waals surface area contributed by atoms with Gasteiger partial charge in [-0.2, -0.15) is 0 Å². The molecular weight excluding hydrogens is 230 g/mol. The van der Waals surface area contributed by atoms with Gasteiger partial charge in [0.1, 0.15) is 0 Å². The summed E-state index contributed by atoms with van der Waals surface area (Å²) in [5, 5.41) is 9.08. The summed E-state index contributed by atoms with van der Waals surface area (Å²) >= 11 is 0. The van der Waals surface area contributed by atoms with Gasteiger partial charge in [0, 0.05) is 11.8 Å². The Kier molecular flexibility index (Phi) is 3.28. The first-order chi connectivity index (χ1) is 8.59. The first-order valence-corrected chi connectivity index (χ1v) is 5.57. The molecule has 0 aliphatic rings. The molecule has 18 heavy (non-hydrogen) atoms. The van der Waals surface area contributed by atoms with E-state index in [-0.39, 0.29) is 17.7 Å². The number of carboxylic acid groups (broad SMARTS) is 1. The Labute approximate surface area is 104 Å². The molecule has 4 heteroatoms. The minimum absolute atomic E-state index is 0.0994. The van der Waals surface area contributed by atoms with Crippen LogP contribution in [0.5, 0.6) is 0 Å². The van der Waals surface area contributed by atoms with Crippen LogP contribution in [-0.2, 0) is 6.54 Å². The van der Waals surface area contributed by atoms with Gasteiger partial charge in [0.15, 0.2) is 0 Å². The third-order valence-corrected chi connectivity index (χ3v) is 2.80. The summed E-state index contributed by atoms with van der Waals surface area (Å²) < 4.78 is 1.51. The van der Waals surface area contributed by atoms with E-state index in [2.05, 4.69) is 0 Å². The summed E-state index contributed by atoms with van der Waals surface area (Å²) in [6, 6.07) is 10.2. The Hall–Kier alpha value is -2.36. The van der Waals surface area contributed by atoms with E-state index in [1.165, 1.54) is 4.57 Å². The van der Waals surface area contributed by atoms with Gasteiger partial charge in [-0.3, -0.25) is 4.79 Å². The van der Waals surface area contributed by atoms with Gasteiger partial charge in [0.25, 0.3) is 5.56 Å². The van der Waals surface area contributed by atoms with Crippen LogP contribution in [0.25, 0.3) is 0 Å². The quantitative estimate of drug-likeness (QED) is 0.895. The van der Waals surface area contributed by atoms with Crippen molar-refractivity contribution in [3.8, 4) is 0 Å². The monoisotopic (exact) mass is 243 g/mol. The van der Waals surface area contributed by atoms with Crippen LogP contribution in [0.4, 0.5) is 0 Å². The zero-order valence-corrected chi connectivity index (χ0v) is 9.96. The molecule has 0 saturated heterocycles. The second-order valence-electron chi connectivity index (χ2n) is 4.09. The molecule has 0 spiro atoms. The summed E-state index contributed by atoms with van der Waals surface area (Å²) in [5.74, 6) is -0.980. The van der Waals surface area contributed by atoms with E-state index in [0.717, 1.165) is 0 Å². The van der Waals surface area contributed by atoms with Crippen LogP contribution in [0.15, 0.2) is 47.4 Å². The average molecular weight is 243 g/mol. The van der Waals surface area contributed by atoms with Gasteiger partial charge in [0.05, 0.1) is 12.1 Å². The summed E-state index contributed by atoms with van der Waals surface area (Å²) in [7, 11) is 0. The topological polar surface area (TPSA) is 59.3 Å². The zero-order valence-electron chi connectivity index (χ0n) is 9.96. The maximum Gasteiger partial charge on any atom is 0.336 e. The summed E-state index contributed by atoms with van der Waals surface area (Å²) in [4.78, 5) is 22.9. The second-order valence-corrected chi connectivity index (χ2v) is 4.09. The zero-order chi connectivity index (χ0) is 13.1. The molecule has 2 rings (SSSR count). The number of pyridine rings is 1. The second kappa shape index (κ2) is 4.87. The molecule has 0 radical (unpaired) electrons. The number of hydrogen-bond acceptors (Lipinski definition) is 2. The molecule has 4 nitrogen and oxygen atoms in total. The standard InChI is InChI=1S/C14H13NO3/c1-10-5-4-8-15(13(10)16)9-11-6-2-3-7-12(11)14(17)18/h2-8H,9H2,1H3,(H,17,18). The number of hydrogen-bond donors (Lipinski definition) is 1. The van der Waals surface area contributed by atoms with Crippen molar-refractivity contribution >= 4 is 5.97 Å². The first kappa shape index (κ1) is 12.1. The lowest BCUT2D eigenvalue weighted by Crippen LogP contribution is -2.22. The van der Waals surface area contributed by atoms with Gasteiger partial charge in [0.2, 0.25) is 0 Å². The highest BCUT2D eigenvalue weighted by Gasteiger charge is 2.09. The smallest absolute Gasteiger partial charge is 0.336 e. The normalized spacial score (nSPS) is 10.3.